The lowest BCUT2D eigenvalue weighted by Crippen LogP contribution is -2.22. The van der Waals surface area contributed by atoms with Gasteiger partial charge in [-0.1, -0.05) is 42.0 Å². The van der Waals surface area contributed by atoms with Crippen LogP contribution < -0.4 is 5.32 Å². The summed E-state index contributed by atoms with van der Waals surface area (Å²) in [6.07, 6.45) is 0. The molecule has 0 amide bonds. The molecule has 0 aliphatic carbocycles. The third kappa shape index (κ3) is 3.65. The minimum atomic E-state index is -0.192. The SMILES string of the molecule is Cc1cccc([C@H](C)NC(C)c2ccc(F)cc2)c1. The standard InChI is InChI=1S/C17H20FN/c1-12-5-4-6-16(11-12)14(3)19-13(2)15-7-9-17(18)10-8-15/h4-11,13-14,19H,1-3H3/t13?,14-/m0/s1. The molecule has 1 nitrogen and oxygen atoms in total. The second-order valence-corrected chi connectivity index (χ2v) is 5.08. The van der Waals surface area contributed by atoms with Crippen molar-refractivity contribution in [2.75, 3.05) is 0 Å². The Morgan fingerprint density at radius 3 is 2.16 bits per heavy atom. The van der Waals surface area contributed by atoms with Gasteiger partial charge in [0, 0.05) is 12.1 Å². The molecule has 2 heteroatoms. The molecule has 100 valence electrons. The van der Waals surface area contributed by atoms with Crippen LogP contribution in [0, 0.1) is 12.7 Å². The highest BCUT2D eigenvalue weighted by Gasteiger charge is 2.11. The number of aryl methyl sites for hydroxylation is 1. The Morgan fingerprint density at radius 2 is 1.53 bits per heavy atom. The van der Waals surface area contributed by atoms with Crippen molar-refractivity contribution < 1.29 is 4.39 Å². The molecule has 2 rings (SSSR count). The van der Waals surface area contributed by atoms with E-state index in [-0.39, 0.29) is 17.9 Å². The van der Waals surface area contributed by atoms with Crippen LogP contribution in [0.15, 0.2) is 48.5 Å². The third-order valence-corrected chi connectivity index (χ3v) is 3.41. The fraction of sp³-hybridized carbons (Fsp3) is 0.294. The predicted molar refractivity (Wildman–Crippen MR) is 77.5 cm³/mol. The van der Waals surface area contributed by atoms with Crippen molar-refractivity contribution in [3.63, 3.8) is 0 Å². The van der Waals surface area contributed by atoms with Crippen LogP contribution in [0.2, 0.25) is 0 Å². The van der Waals surface area contributed by atoms with E-state index in [1.54, 1.807) is 0 Å². The molecular formula is C17H20FN. The zero-order valence-electron chi connectivity index (χ0n) is 11.7. The Bertz CT molecular complexity index is 533. The minimum Gasteiger partial charge on any atom is -0.304 e. The van der Waals surface area contributed by atoms with E-state index in [1.165, 1.54) is 23.3 Å². The van der Waals surface area contributed by atoms with E-state index in [2.05, 4.69) is 50.4 Å². The topological polar surface area (TPSA) is 12.0 Å². The molecule has 0 fully saturated rings. The molecule has 0 aromatic heterocycles. The quantitative estimate of drug-likeness (QED) is 0.847. The lowest BCUT2D eigenvalue weighted by atomic mass is 10.0. The van der Waals surface area contributed by atoms with E-state index in [4.69, 9.17) is 0 Å². The lowest BCUT2D eigenvalue weighted by molar-refractivity contribution is 0.493. The van der Waals surface area contributed by atoms with E-state index in [9.17, 15) is 4.39 Å². The van der Waals surface area contributed by atoms with Gasteiger partial charge < -0.3 is 5.32 Å². The van der Waals surface area contributed by atoms with Crippen LogP contribution in [0.1, 0.15) is 42.6 Å². The van der Waals surface area contributed by atoms with Crippen molar-refractivity contribution in [1.82, 2.24) is 5.32 Å². The van der Waals surface area contributed by atoms with Crippen LogP contribution in [0.4, 0.5) is 4.39 Å². The van der Waals surface area contributed by atoms with Gasteiger partial charge in [0.25, 0.3) is 0 Å². The second-order valence-electron chi connectivity index (χ2n) is 5.08. The summed E-state index contributed by atoms with van der Waals surface area (Å²) in [6, 6.07) is 15.6. The largest absolute Gasteiger partial charge is 0.304 e. The van der Waals surface area contributed by atoms with Crippen molar-refractivity contribution in [2.45, 2.75) is 32.9 Å². The van der Waals surface area contributed by atoms with Gasteiger partial charge in [0.1, 0.15) is 5.82 Å². The highest BCUT2D eigenvalue weighted by molar-refractivity contribution is 5.25. The van der Waals surface area contributed by atoms with Gasteiger partial charge in [-0.05, 0) is 44.0 Å². The van der Waals surface area contributed by atoms with Crippen LogP contribution in [-0.2, 0) is 0 Å². The summed E-state index contributed by atoms with van der Waals surface area (Å²) in [7, 11) is 0. The van der Waals surface area contributed by atoms with Crippen molar-refractivity contribution in [3.05, 3.63) is 71.0 Å². The first-order valence-electron chi connectivity index (χ1n) is 6.64. The average molecular weight is 257 g/mol. The molecule has 0 saturated carbocycles. The molecule has 0 radical (unpaired) electrons. The van der Waals surface area contributed by atoms with Gasteiger partial charge in [-0.3, -0.25) is 0 Å². The Balaban J connectivity index is 2.06. The first kappa shape index (κ1) is 13.8. The van der Waals surface area contributed by atoms with Gasteiger partial charge in [0.2, 0.25) is 0 Å². The monoisotopic (exact) mass is 257 g/mol. The van der Waals surface area contributed by atoms with E-state index < -0.39 is 0 Å². The molecule has 19 heavy (non-hydrogen) atoms. The summed E-state index contributed by atoms with van der Waals surface area (Å²) in [5.41, 5.74) is 3.63. The lowest BCUT2D eigenvalue weighted by Gasteiger charge is -2.21. The predicted octanol–water partition coefficient (Wildman–Crippen LogP) is 4.55. The summed E-state index contributed by atoms with van der Waals surface area (Å²) < 4.78 is 12.9. The number of benzene rings is 2. The molecule has 0 aliphatic rings. The first-order chi connectivity index (χ1) is 9.06. The van der Waals surface area contributed by atoms with Gasteiger partial charge in [-0.15, -0.1) is 0 Å². The second kappa shape index (κ2) is 5.98. The number of nitrogens with one attached hydrogen (secondary N) is 1. The van der Waals surface area contributed by atoms with Crippen LogP contribution in [0.25, 0.3) is 0 Å². The Morgan fingerprint density at radius 1 is 0.895 bits per heavy atom. The fourth-order valence-corrected chi connectivity index (χ4v) is 2.26. The molecule has 2 aromatic rings. The number of hydrogen-bond acceptors (Lipinski definition) is 1. The number of halogens is 1. The number of rotatable bonds is 4. The molecular weight excluding hydrogens is 237 g/mol. The molecule has 0 spiro atoms. The van der Waals surface area contributed by atoms with Crippen LogP contribution in [-0.4, -0.2) is 0 Å². The maximum atomic E-state index is 12.9. The zero-order valence-corrected chi connectivity index (χ0v) is 11.7. The summed E-state index contributed by atoms with van der Waals surface area (Å²) >= 11 is 0. The van der Waals surface area contributed by atoms with E-state index in [0.29, 0.717) is 0 Å². The first-order valence-corrected chi connectivity index (χ1v) is 6.64. The third-order valence-electron chi connectivity index (χ3n) is 3.41. The van der Waals surface area contributed by atoms with E-state index >= 15 is 0 Å². The maximum absolute atomic E-state index is 12.9. The molecule has 0 aliphatic heterocycles. The highest BCUT2D eigenvalue weighted by atomic mass is 19.1. The highest BCUT2D eigenvalue weighted by Crippen LogP contribution is 2.20. The molecule has 0 bridgehead atoms. The zero-order chi connectivity index (χ0) is 13.8. The van der Waals surface area contributed by atoms with Gasteiger partial charge in [0.15, 0.2) is 0 Å². The van der Waals surface area contributed by atoms with Crippen LogP contribution in [0.5, 0.6) is 0 Å². The van der Waals surface area contributed by atoms with E-state index in [0.717, 1.165) is 5.56 Å². The minimum absolute atomic E-state index is 0.191. The van der Waals surface area contributed by atoms with Crippen molar-refractivity contribution in [1.29, 1.82) is 0 Å². The van der Waals surface area contributed by atoms with Crippen molar-refractivity contribution in [3.8, 4) is 0 Å². The van der Waals surface area contributed by atoms with Crippen LogP contribution >= 0.6 is 0 Å². The van der Waals surface area contributed by atoms with Gasteiger partial charge in [-0.25, -0.2) is 4.39 Å². The number of hydrogen-bond donors (Lipinski definition) is 1. The Kier molecular flexibility index (Phi) is 4.33. The smallest absolute Gasteiger partial charge is 0.123 e. The average Bonchev–Trinajstić information content (AvgIpc) is 2.39. The molecule has 1 unspecified atom stereocenters. The van der Waals surface area contributed by atoms with Crippen LogP contribution in [0.3, 0.4) is 0 Å². The van der Waals surface area contributed by atoms with Crippen molar-refractivity contribution >= 4 is 0 Å². The summed E-state index contributed by atoms with van der Waals surface area (Å²) in [5.74, 6) is -0.192. The summed E-state index contributed by atoms with van der Waals surface area (Å²) in [6.45, 7) is 6.34. The summed E-state index contributed by atoms with van der Waals surface area (Å²) in [5, 5.41) is 3.54. The van der Waals surface area contributed by atoms with Gasteiger partial charge >= 0.3 is 0 Å². The molecule has 0 heterocycles. The van der Waals surface area contributed by atoms with E-state index in [1.807, 2.05) is 12.1 Å². The maximum Gasteiger partial charge on any atom is 0.123 e. The Labute approximate surface area is 114 Å². The Hall–Kier alpha value is -1.67. The normalized spacial score (nSPS) is 14.1. The van der Waals surface area contributed by atoms with Crippen molar-refractivity contribution in [2.24, 2.45) is 0 Å². The van der Waals surface area contributed by atoms with Gasteiger partial charge in [0.05, 0.1) is 0 Å². The summed E-state index contributed by atoms with van der Waals surface area (Å²) in [4.78, 5) is 0. The molecule has 1 N–H and O–H groups in total. The molecule has 0 saturated heterocycles. The fourth-order valence-electron chi connectivity index (χ4n) is 2.26. The molecule has 2 aromatic carbocycles. The molecule has 2 atom stereocenters. The van der Waals surface area contributed by atoms with Gasteiger partial charge in [-0.2, -0.15) is 0 Å².